The number of hydrogen-bond acceptors (Lipinski definition) is 3. The molecule has 3 rings (SSSR count). The monoisotopic (exact) mass is 271 g/mol. The number of rotatable bonds is 0. The SMILES string of the molecule is N#Cc1cc(Cl)cc2sc3ccccc3c(=O)c12. The van der Waals surface area contributed by atoms with Crippen molar-refractivity contribution in [3.8, 4) is 6.07 Å². The maximum Gasteiger partial charge on any atom is 0.197 e. The maximum absolute atomic E-state index is 12.4. The summed E-state index contributed by atoms with van der Waals surface area (Å²) in [6.45, 7) is 0. The largest absolute Gasteiger partial charge is 0.288 e. The third kappa shape index (κ3) is 1.59. The molecular formula is C14H6ClNOS. The second-order valence-electron chi connectivity index (χ2n) is 3.87. The molecule has 0 N–H and O–H groups in total. The van der Waals surface area contributed by atoms with Crippen LogP contribution in [0.2, 0.25) is 5.02 Å². The molecule has 0 fully saturated rings. The van der Waals surface area contributed by atoms with Crippen molar-refractivity contribution >= 4 is 43.1 Å². The van der Waals surface area contributed by atoms with Crippen LogP contribution in [0.15, 0.2) is 41.2 Å². The van der Waals surface area contributed by atoms with Gasteiger partial charge in [-0.3, -0.25) is 4.79 Å². The molecule has 18 heavy (non-hydrogen) atoms. The van der Waals surface area contributed by atoms with E-state index in [-0.39, 0.29) is 5.43 Å². The molecule has 0 atom stereocenters. The van der Waals surface area contributed by atoms with E-state index in [9.17, 15) is 4.79 Å². The van der Waals surface area contributed by atoms with Gasteiger partial charge in [0.15, 0.2) is 5.43 Å². The lowest BCUT2D eigenvalue weighted by Gasteiger charge is -2.02. The molecule has 0 aliphatic carbocycles. The van der Waals surface area contributed by atoms with E-state index in [1.165, 1.54) is 17.4 Å². The first-order valence-electron chi connectivity index (χ1n) is 5.26. The second kappa shape index (κ2) is 4.09. The van der Waals surface area contributed by atoms with Crippen LogP contribution in [0, 0.1) is 11.3 Å². The fourth-order valence-corrected chi connectivity index (χ4v) is 3.41. The van der Waals surface area contributed by atoms with Gasteiger partial charge < -0.3 is 0 Å². The summed E-state index contributed by atoms with van der Waals surface area (Å²) in [6.07, 6.45) is 0. The summed E-state index contributed by atoms with van der Waals surface area (Å²) >= 11 is 7.43. The van der Waals surface area contributed by atoms with Gasteiger partial charge in [0, 0.05) is 19.8 Å². The molecule has 0 aliphatic rings. The Bertz CT molecular complexity index is 876. The third-order valence-corrected chi connectivity index (χ3v) is 4.10. The van der Waals surface area contributed by atoms with E-state index < -0.39 is 0 Å². The van der Waals surface area contributed by atoms with Gasteiger partial charge in [-0.15, -0.1) is 11.3 Å². The lowest BCUT2D eigenvalue weighted by atomic mass is 10.1. The summed E-state index contributed by atoms with van der Waals surface area (Å²) in [4.78, 5) is 12.4. The minimum absolute atomic E-state index is 0.104. The molecule has 86 valence electrons. The van der Waals surface area contributed by atoms with E-state index in [0.717, 1.165) is 9.40 Å². The summed E-state index contributed by atoms with van der Waals surface area (Å²) in [6, 6.07) is 12.7. The highest BCUT2D eigenvalue weighted by Gasteiger charge is 2.10. The molecule has 0 radical (unpaired) electrons. The average molecular weight is 272 g/mol. The van der Waals surface area contributed by atoms with E-state index in [4.69, 9.17) is 16.9 Å². The van der Waals surface area contributed by atoms with Gasteiger partial charge in [-0.25, -0.2) is 0 Å². The van der Waals surface area contributed by atoms with Crippen LogP contribution in [0.1, 0.15) is 5.56 Å². The smallest absolute Gasteiger partial charge is 0.197 e. The van der Waals surface area contributed by atoms with Crippen LogP contribution in [0.4, 0.5) is 0 Å². The summed E-state index contributed by atoms with van der Waals surface area (Å²) < 4.78 is 1.66. The Morgan fingerprint density at radius 1 is 1.17 bits per heavy atom. The zero-order chi connectivity index (χ0) is 12.7. The molecule has 3 aromatic rings. The van der Waals surface area contributed by atoms with Gasteiger partial charge in [-0.05, 0) is 24.3 Å². The van der Waals surface area contributed by atoms with Crippen LogP contribution in [0.25, 0.3) is 20.2 Å². The van der Waals surface area contributed by atoms with E-state index >= 15 is 0 Å². The Morgan fingerprint density at radius 3 is 2.72 bits per heavy atom. The number of nitriles is 1. The van der Waals surface area contributed by atoms with E-state index in [2.05, 4.69) is 0 Å². The molecule has 2 aromatic carbocycles. The highest BCUT2D eigenvalue weighted by Crippen LogP contribution is 2.29. The lowest BCUT2D eigenvalue weighted by Crippen LogP contribution is -2.02. The quantitative estimate of drug-likeness (QED) is 0.581. The van der Waals surface area contributed by atoms with Crippen molar-refractivity contribution in [2.75, 3.05) is 0 Å². The Labute approximate surface area is 112 Å². The van der Waals surface area contributed by atoms with Crippen LogP contribution in [-0.4, -0.2) is 0 Å². The van der Waals surface area contributed by atoms with Crippen LogP contribution in [0.3, 0.4) is 0 Å². The molecule has 0 aliphatic heterocycles. The molecule has 0 saturated carbocycles. The van der Waals surface area contributed by atoms with E-state index in [1.807, 2.05) is 24.3 Å². The van der Waals surface area contributed by atoms with Gasteiger partial charge in [0.25, 0.3) is 0 Å². The Balaban J connectivity index is 2.66. The fraction of sp³-hybridized carbons (Fsp3) is 0. The predicted molar refractivity (Wildman–Crippen MR) is 75.3 cm³/mol. The number of fused-ring (bicyclic) bond motifs is 2. The minimum Gasteiger partial charge on any atom is -0.288 e. The first kappa shape index (κ1) is 11.2. The molecule has 1 heterocycles. The van der Waals surface area contributed by atoms with Gasteiger partial charge in [0.1, 0.15) is 6.07 Å². The van der Waals surface area contributed by atoms with Crippen LogP contribution in [0.5, 0.6) is 0 Å². The van der Waals surface area contributed by atoms with E-state index in [0.29, 0.717) is 21.4 Å². The Morgan fingerprint density at radius 2 is 1.94 bits per heavy atom. The third-order valence-electron chi connectivity index (χ3n) is 2.77. The number of nitrogens with zero attached hydrogens (tertiary/aromatic N) is 1. The maximum atomic E-state index is 12.4. The fourth-order valence-electron chi connectivity index (χ4n) is 1.98. The van der Waals surface area contributed by atoms with Gasteiger partial charge >= 0.3 is 0 Å². The zero-order valence-electron chi connectivity index (χ0n) is 9.11. The van der Waals surface area contributed by atoms with Crippen molar-refractivity contribution in [3.63, 3.8) is 0 Å². The van der Waals surface area contributed by atoms with Crippen LogP contribution < -0.4 is 5.43 Å². The summed E-state index contributed by atoms with van der Waals surface area (Å²) in [7, 11) is 0. The molecule has 0 bridgehead atoms. The van der Waals surface area contributed by atoms with Crippen molar-refractivity contribution in [1.82, 2.24) is 0 Å². The molecule has 0 saturated heterocycles. The highest BCUT2D eigenvalue weighted by atomic mass is 35.5. The molecule has 0 amide bonds. The second-order valence-corrected chi connectivity index (χ2v) is 5.39. The number of benzene rings is 2. The van der Waals surface area contributed by atoms with Crippen LogP contribution >= 0.6 is 22.9 Å². The van der Waals surface area contributed by atoms with Crippen molar-refractivity contribution in [1.29, 1.82) is 5.26 Å². The van der Waals surface area contributed by atoms with Gasteiger partial charge in [0.2, 0.25) is 0 Å². The normalized spacial score (nSPS) is 10.7. The Hall–Kier alpha value is -1.89. The molecule has 4 heteroatoms. The molecule has 0 spiro atoms. The molecule has 1 aromatic heterocycles. The van der Waals surface area contributed by atoms with E-state index in [1.54, 1.807) is 12.1 Å². The number of hydrogen-bond donors (Lipinski definition) is 0. The first-order valence-corrected chi connectivity index (χ1v) is 6.45. The van der Waals surface area contributed by atoms with Gasteiger partial charge in [-0.2, -0.15) is 5.26 Å². The lowest BCUT2D eigenvalue weighted by molar-refractivity contribution is 1.50. The first-order chi connectivity index (χ1) is 8.70. The summed E-state index contributed by atoms with van der Waals surface area (Å²) in [5.74, 6) is 0. The topological polar surface area (TPSA) is 40.9 Å². The minimum atomic E-state index is -0.104. The predicted octanol–water partition coefficient (Wildman–Crippen LogP) is 3.94. The van der Waals surface area contributed by atoms with Crippen molar-refractivity contribution in [2.45, 2.75) is 0 Å². The summed E-state index contributed by atoms with van der Waals surface area (Å²) in [5, 5.41) is 10.7. The van der Waals surface area contributed by atoms with Crippen LogP contribution in [-0.2, 0) is 0 Å². The van der Waals surface area contributed by atoms with Gasteiger partial charge in [0.05, 0.1) is 10.9 Å². The van der Waals surface area contributed by atoms with Gasteiger partial charge in [-0.1, -0.05) is 23.7 Å². The van der Waals surface area contributed by atoms with Crippen molar-refractivity contribution < 1.29 is 0 Å². The summed E-state index contributed by atoms with van der Waals surface area (Å²) in [5.41, 5.74) is 0.233. The van der Waals surface area contributed by atoms with Crippen molar-refractivity contribution in [3.05, 3.63) is 57.2 Å². The zero-order valence-corrected chi connectivity index (χ0v) is 10.7. The average Bonchev–Trinajstić information content (AvgIpc) is 2.37. The highest BCUT2D eigenvalue weighted by molar-refractivity contribution is 7.24. The standard InChI is InChI=1S/C14H6ClNOS/c15-9-5-8(7-16)13-12(6-9)18-11-4-2-1-3-10(11)14(13)17/h1-6H. The molecule has 2 nitrogen and oxygen atoms in total. The Kier molecular flexibility index (Phi) is 2.55. The molecule has 0 unspecified atom stereocenters. The molecular weight excluding hydrogens is 266 g/mol. The van der Waals surface area contributed by atoms with Crippen molar-refractivity contribution in [2.24, 2.45) is 0 Å². The number of halogens is 1.